The van der Waals surface area contributed by atoms with Gasteiger partial charge in [0.05, 0.1) is 31.4 Å². The van der Waals surface area contributed by atoms with Crippen LogP contribution in [0.5, 0.6) is 11.5 Å². The third-order valence-electron chi connectivity index (χ3n) is 9.88. The van der Waals surface area contributed by atoms with Crippen LogP contribution < -0.4 is 15.8 Å². The Bertz CT molecular complexity index is 1280. The number of hydrogen-bond donors (Lipinski definition) is 4. The number of fused-ring (bicyclic) bond motifs is 3. The second kappa shape index (κ2) is 10.7. The van der Waals surface area contributed by atoms with E-state index >= 15 is 0 Å². The fraction of sp³-hybridized carbons (Fsp3) is 0.613. The van der Waals surface area contributed by atoms with E-state index in [-0.39, 0.29) is 46.7 Å². The van der Waals surface area contributed by atoms with Crippen LogP contribution in [0.25, 0.3) is 0 Å². The highest BCUT2D eigenvalue weighted by Crippen LogP contribution is 2.59. The molecule has 1 amide bonds. The minimum atomic E-state index is -0.747. The number of amides is 1. The van der Waals surface area contributed by atoms with E-state index < -0.39 is 17.4 Å². The van der Waals surface area contributed by atoms with Crippen molar-refractivity contribution in [2.24, 2.45) is 28.9 Å². The van der Waals surface area contributed by atoms with Gasteiger partial charge >= 0.3 is 0 Å². The molecule has 0 aromatic heterocycles. The smallest absolute Gasteiger partial charge is 0.248 e. The van der Waals surface area contributed by atoms with Crippen molar-refractivity contribution in [1.29, 1.82) is 0 Å². The van der Waals surface area contributed by atoms with Gasteiger partial charge in [-0.1, -0.05) is 19.8 Å². The van der Waals surface area contributed by atoms with Gasteiger partial charge in [-0.3, -0.25) is 14.5 Å². The molecule has 1 fully saturated rings. The van der Waals surface area contributed by atoms with Crippen LogP contribution in [0.15, 0.2) is 28.7 Å². The van der Waals surface area contributed by atoms with Gasteiger partial charge in [0.25, 0.3) is 0 Å². The number of ketones is 1. The first-order chi connectivity index (χ1) is 19.0. The fourth-order valence-corrected chi connectivity index (χ4v) is 8.10. The van der Waals surface area contributed by atoms with Crippen molar-refractivity contribution >= 4 is 11.7 Å². The van der Waals surface area contributed by atoms with E-state index in [9.17, 15) is 19.8 Å². The highest BCUT2D eigenvalue weighted by molar-refractivity contribution is 6.14. The standard InChI is InChI=1S/C31H43N3O6/c1-31-13-20(30(32)38)26(36)25(34(2)3)21(31)11-17-10-19-24(27(37)23(17)29(31)40-5)22(35)12-18(28(19)39-4)15-33-14-16-8-6-7-9-16/h12,16-17,21,25,33,35-36H,6-11,13-15H2,1-5H3,(H2,32,38)/t17-,21-,25-,31+/m0/s1. The molecule has 9 nitrogen and oxygen atoms in total. The number of nitrogens with zero attached hydrogens (tertiary/aromatic N) is 1. The molecule has 0 aliphatic heterocycles. The summed E-state index contributed by atoms with van der Waals surface area (Å²) in [5.41, 5.74) is 7.44. The predicted octanol–water partition coefficient (Wildman–Crippen LogP) is 3.59. The highest BCUT2D eigenvalue weighted by atomic mass is 16.5. The monoisotopic (exact) mass is 553 g/mol. The van der Waals surface area contributed by atoms with Gasteiger partial charge in [0.15, 0.2) is 5.78 Å². The predicted molar refractivity (Wildman–Crippen MR) is 151 cm³/mol. The Morgan fingerprint density at radius 3 is 2.50 bits per heavy atom. The summed E-state index contributed by atoms with van der Waals surface area (Å²) < 4.78 is 11.9. The van der Waals surface area contributed by atoms with E-state index in [1.807, 2.05) is 25.9 Å². The van der Waals surface area contributed by atoms with E-state index in [0.29, 0.717) is 47.9 Å². The largest absolute Gasteiger partial charge is 0.510 e. The molecule has 1 aromatic rings. The Kier molecular flexibility index (Phi) is 7.65. The number of nitrogens with one attached hydrogen (secondary N) is 1. The van der Waals surface area contributed by atoms with Gasteiger partial charge in [0.1, 0.15) is 23.0 Å². The summed E-state index contributed by atoms with van der Waals surface area (Å²) in [6, 6.07) is 1.18. The third kappa shape index (κ3) is 4.47. The zero-order valence-electron chi connectivity index (χ0n) is 24.3. The minimum Gasteiger partial charge on any atom is -0.510 e. The number of Topliss-reactive ketones (excluding diaryl/α,β-unsaturated/α-hetero) is 1. The first-order valence-corrected chi connectivity index (χ1v) is 14.4. The number of carbonyl (C=O) groups excluding carboxylic acids is 2. The maximum absolute atomic E-state index is 14.2. The second-order valence-corrected chi connectivity index (χ2v) is 12.5. The lowest BCUT2D eigenvalue weighted by Crippen LogP contribution is -2.54. The van der Waals surface area contributed by atoms with Crippen LogP contribution in [0.1, 0.15) is 66.9 Å². The van der Waals surface area contributed by atoms with Crippen LogP contribution in [-0.2, 0) is 22.5 Å². The van der Waals surface area contributed by atoms with Gasteiger partial charge < -0.3 is 30.7 Å². The Labute approximate surface area is 236 Å². The third-order valence-corrected chi connectivity index (χ3v) is 9.88. The first-order valence-electron chi connectivity index (χ1n) is 14.4. The molecule has 4 aliphatic rings. The van der Waals surface area contributed by atoms with Gasteiger partial charge in [-0.15, -0.1) is 0 Å². The summed E-state index contributed by atoms with van der Waals surface area (Å²) >= 11 is 0. The zero-order valence-corrected chi connectivity index (χ0v) is 24.3. The normalized spacial score (nSPS) is 28.4. The molecule has 5 rings (SSSR count). The molecule has 0 heterocycles. The maximum atomic E-state index is 14.2. The van der Waals surface area contributed by atoms with E-state index in [4.69, 9.17) is 15.2 Å². The van der Waals surface area contributed by atoms with E-state index in [2.05, 4.69) is 5.32 Å². The number of carbonyl (C=O) groups is 2. The van der Waals surface area contributed by atoms with E-state index in [0.717, 1.165) is 12.1 Å². The zero-order chi connectivity index (χ0) is 28.9. The Morgan fingerprint density at radius 1 is 1.20 bits per heavy atom. The number of hydrogen-bond acceptors (Lipinski definition) is 8. The SMILES string of the molecule is COC1=C2C(=O)c3c(O)cc(CNCC4CCCC4)c(OC)c3C[C@H]2C[C@H]2[C@H](N(C)C)C(O)=C(C(N)=O)C[C@@]12C. The van der Waals surface area contributed by atoms with Crippen LogP contribution in [0.3, 0.4) is 0 Å². The molecule has 5 N–H and O–H groups in total. The number of nitrogens with two attached hydrogens (primary N) is 1. The topological polar surface area (TPSA) is 134 Å². The number of allylic oxidation sites excluding steroid dienone is 2. The second-order valence-electron chi connectivity index (χ2n) is 12.5. The summed E-state index contributed by atoms with van der Waals surface area (Å²) in [6.07, 6.45) is 6.31. The number of phenols is 1. The number of likely N-dealkylation sites (N-methyl/N-ethyl adjacent to an activating group) is 1. The van der Waals surface area contributed by atoms with Gasteiger partial charge in [-0.2, -0.15) is 0 Å². The molecule has 1 aromatic carbocycles. The van der Waals surface area contributed by atoms with E-state index in [1.54, 1.807) is 20.3 Å². The molecule has 1 saturated carbocycles. The number of aliphatic hydroxyl groups is 1. The van der Waals surface area contributed by atoms with Crippen molar-refractivity contribution in [1.82, 2.24) is 10.2 Å². The minimum absolute atomic E-state index is 0.00716. The summed E-state index contributed by atoms with van der Waals surface area (Å²) in [5.74, 6) is 0.461. The van der Waals surface area contributed by atoms with Crippen LogP contribution >= 0.6 is 0 Å². The number of aliphatic hydroxyl groups excluding tert-OH is 1. The molecular weight excluding hydrogens is 510 g/mol. The Morgan fingerprint density at radius 2 is 1.90 bits per heavy atom. The molecule has 0 unspecified atom stereocenters. The van der Waals surface area contributed by atoms with Crippen molar-refractivity contribution in [2.45, 2.75) is 64.5 Å². The number of phenolic OH excluding ortho intramolecular Hbond substituents is 1. The number of primary amides is 1. The quantitative estimate of drug-likeness (QED) is 0.384. The van der Waals surface area contributed by atoms with Crippen LogP contribution in [0.2, 0.25) is 0 Å². The lowest BCUT2D eigenvalue weighted by molar-refractivity contribution is -0.116. The molecule has 9 heteroatoms. The number of aromatic hydroxyl groups is 1. The average Bonchev–Trinajstić information content (AvgIpc) is 3.41. The lowest BCUT2D eigenvalue weighted by atomic mass is 9.54. The van der Waals surface area contributed by atoms with Gasteiger partial charge in [-0.25, -0.2) is 0 Å². The van der Waals surface area contributed by atoms with Crippen LogP contribution in [-0.4, -0.2) is 67.7 Å². The molecule has 4 aliphatic carbocycles. The van der Waals surface area contributed by atoms with Gasteiger partial charge in [0.2, 0.25) is 5.91 Å². The molecule has 0 radical (unpaired) electrons. The highest BCUT2D eigenvalue weighted by Gasteiger charge is 2.57. The van der Waals surface area contributed by atoms with Crippen molar-refractivity contribution in [3.63, 3.8) is 0 Å². The van der Waals surface area contributed by atoms with Crippen LogP contribution in [0.4, 0.5) is 0 Å². The van der Waals surface area contributed by atoms with Gasteiger partial charge in [-0.05, 0) is 76.6 Å². The summed E-state index contributed by atoms with van der Waals surface area (Å²) in [7, 11) is 6.88. The van der Waals surface area contributed by atoms with Crippen molar-refractivity contribution in [2.75, 3.05) is 34.9 Å². The lowest BCUT2D eigenvalue weighted by Gasteiger charge is -2.53. The molecule has 40 heavy (non-hydrogen) atoms. The van der Waals surface area contributed by atoms with E-state index in [1.165, 1.54) is 25.7 Å². The molecule has 218 valence electrons. The molecule has 0 bridgehead atoms. The number of rotatable bonds is 8. The Balaban J connectivity index is 1.57. The van der Waals surface area contributed by atoms with Crippen LogP contribution in [0, 0.1) is 23.2 Å². The summed E-state index contributed by atoms with van der Waals surface area (Å²) in [6.45, 7) is 3.44. The summed E-state index contributed by atoms with van der Waals surface area (Å²) in [4.78, 5) is 28.5. The van der Waals surface area contributed by atoms with Crippen molar-refractivity contribution < 1.29 is 29.3 Å². The molecular formula is C31H43N3O6. The number of ether oxygens (including phenoxy) is 2. The van der Waals surface area contributed by atoms with Gasteiger partial charge in [0, 0.05) is 28.7 Å². The Hall–Kier alpha value is -3.04. The average molecular weight is 554 g/mol. The molecule has 4 atom stereocenters. The van der Waals surface area contributed by atoms with Crippen molar-refractivity contribution in [3.8, 4) is 11.5 Å². The molecule has 0 saturated heterocycles. The maximum Gasteiger partial charge on any atom is 0.248 e. The first kappa shape index (κ1) is 28.5. The number of benzene rings is 1. The van der Waals surface area contributed by atoms with Crippen molar-refractivity contribution in [3.05, 3.63) is 45.4 Å². The molecule has 0 spiro atoms. The fourth-order valence-electron chi connectivity index (χ4n) is 8.10. The summed E-state index contributed by atoms with van der Waals surface area (Å²) in [5, 5.41) is 25.9. The number of methoxy groups -OCH3 is 2.